The molecule has 0 aromatic carbocycles. The summed E-state index contributed by atoms with van der Waals surface area (Å²) in [6.07, 6.45) is 37.5. The van der Waals surface area contributed by atoms with Gasteiger partial charge in [0.05, 0.1) is 9.94 Å². The van der Waals surface area contributed by atoms with E-state index in [4.69, 9.17) is 27.9 Å². The number of alkyl halides is 1. The minimum atomic E-state index is -3.29. The fraction of sp³-hybridized carbons (Fsp3) is 0.692. The molecule has 0 amide bonds. The van der Waals surface area contributed by atoms with Crippen molar-refractivity contribution in [3.63, 3.8) is 0 Å². The molecule has 5 heteroatoms. The topological polar surface area (TPSA) is 52.6 Å². The van der Waals surface area contributed by atoms with Gasteiger partial charge in [-0.15, -0.1) is 11.6 Å². The van der Waals surface area contributed by atoms with E-state index in [1.165, 1.54) is 19.3 Å². The Morgan fingerprint density at radius 1 is 0.614 bits per heavy atom. The monoisotopic (exact) mass is 637 g/mol. The predicted molar refractivity (Wildman–Crippen MR) is 190 cm³/mol. The fourth-order valence-corrected chi connectivity index (χ4v) is 4.42. The van der Waals surface area contributed by atoms with Crippen molar-refractivity contribution in [3.05, 3.63) is 60.8 Å². The highest BCUT2D eigenvalue weighted by atomic mass is 35.5. The molecule has 44 heavy (non-hydrogen) atoms. The Balaban J connectivity index is 4.31. The van der Waals surface area contributed by atoms with E-state index in [1.807, 2.05) is 0 Å². The van der Waals surface area contributed by atoms with Crippen molar-refractivity contribution in [1.29, 1.82) is 0 Å². The third-order valence-corrected chi connectivity index (χ3v) is 7.09. The molecule has 0 aliphatic carbocycles. The van der Waals surface area contributed by atoms with Crippen LogP contribution in [0.25, 0.3) is 0 Å². The minimum absolute atomic E-state index is 0.0942. The zero-order valence-corrected chi connectivity index (χ0v) is 28.6. The average Bonchev–Trinajstić information content (AvgIpc) is 3.03. The van der Waals surface area contributed by atoms with Crippen LogP contribution in [-0.4, -0.2) is 30.4 Å². The summed E-state index contributed by atoms with van der Waals surface area (Å²) < 4.78 is 50.1. The highest BCUT2D eigenvalue weighted by molar-refractivity contribution is 6.18. The molecule has 0 rings (SSSR count). The molecule has 0 bridgehead atoms. The smallest absolute Gasteiger partial charge is 0.306 e. The summed E-state index contributed by atoms with van der Waals surface area (Å²) in [7, 11) is 0. The van der Waals surface area contributed by atoms with Gasteiger partial charge in [-0.3, -0.25) is 9.59 Å². The maximum Gasteiger partial charge on any atom is 0.306 e. The van der Waals surface area contributed by atoms with Gasteiger partial charge in [0.1, 0.15) is 12.6 Å². The van der Waals surface area contributed by atoms with Gasteiger partial charge in [0.25, 0.3) is 0 Å². The van der Waals surface area contributed by atoms with Gasteiger partial charge in [-0.05, 0) is 77.0 Å². The summed E-state index contributed by atoms with van der Waals surface area (Å²) >= 11 is 5.71. The molecule has 0 aromatic rings. The highest BCUT2D eigenvalue weighted by Gasteiger charge is 2.16. The first-order valence-corrected chi connectivity index (χ1v) is 17.7. The first kappa shape index (κ1) is 33.3. The molecule has 1 unspecified atom stereocenters. The molecule has 0 spiro atoms. The van der Waals surface area contributed by atoms with E-state index in [1.54, 1.807) is 0 Å². The fourth-order valence-electron chi connectivity index (χ4n) is 4.35. The van der Waals surface area contributed by atoms with Crippen molar-refractivity contribution in [2.75, 3.05) is 12.4 Å². The Morgan fingerprint density at radius 2 is 1.05 bits per heavy atom. The number of esters is 2. The lowest BCUT2D eigenvalue weighted by molar-refractivity contribution is -0.157. The highest BCUT2D eigenvalue weighted by Crippen LogP contribution is 2.11. The third kappa shape index (κ3) is 32.8. The van der Waals surface area contributed by atoms with Gasteiger partial charge in [0, 0.05) is 15.6 Å². The van der Waals surface area contributed by atoms with E-state index in [0.717, 1.165) is 96.3 Å². The number of hydrogen-bond donors (Lipinski definition) is 0. The van der Waals surface area contributed by atoms with E-state index < -0.39 is 30.4 Å². The average molecular weight is 638 g/mol. The Labute approximate surface area is 283 Å². The predicted octanol–water partition coefficient (Wildman–Crippen LogP) is 12.1. The van der Waals surface area contributed by atoms with Crippen molar-refractivity contribution in [3.8, 4) is 0 Å². The van der Waals surface area contributed by atoms with E-state index >= 15 is 0 Å². The van der Waals surface area contributed by atoms with Gasteiger partial charge in [-0.1, -0.05) is 126 Å². The molecule has 0 heterocycles. The second-order valence-corrected chi connectivity index (χ2v) is 11.2. The van der Waals surface area contributed by atoms with Crippen LogP contribution in [0.4, 0.5) is 0 Å². The number of rotatable bonds is 31. The first-order chi connectivity index (χ1) is 23.4. The Bertz CT molecular complexity index is 1000. The lowest BCUT2D eigenvalue weighted by Gasteiger charge is -2.15. The first-order valence-electron chi connectivity index (χ1n) is 19.8. The molecule has 4 nitrogen and oxygen atoms in total. The molecular weight excluding hydrogens is 568 g/mol. The zero-order chi connectivity index (χ0) is 36.7. The van der Waals surface area contributed by atoms with Crippen LogP contribution in [0.15, 0.2) is 60.8 Å². The number of allylic oxidation sites excluding steroid dienone is 10. The van der Waals surface area contributed by atoms with Gasteiger partial charge in [0.15, 0.2) is 0 Å². The standard InChI is InChI=1S/C39H65ClO4/c1-3-5-7-9-11-13-15-17-19-21-23-25-27-29-31-33-38(41)43-36-37(35-40)44-39(42)34-32-30-28-26-24-22-20-18-16-14-12-10-8-6-4-2/h6,8,11-14,17-20,37H,3-5,7,9-10,15-16,21-36H2,1-2H3/b8-6+,13-11-,14-12-,19-17-,20-18-/i35D2,36D2,37D. The number of hydrogen-bond acceptors (Lipinski definition) is 4. The molecule has 0 aliphatic rings. The van der Waals surface area contributed by atoms with Crippen molar-refractivity contribution in [2.45, 2.75) is 161 Å². The summed E-state index contributed by atoms with van der Waals surface area (Å²) in [6.45, 7) is 1.03. The Morgan fingerprint density at radius 3 is 1.55 bits per heavy atom. The van der Waals surface area contributed by atoms with Crippen LogP contribution in [0.3, 0.4) is 0 Å². The van der Waals surface area contributed by atoms with Gasteiger partial charge in [-0.2, -0.15) is 0 Å². The number of carbonyl (C=O) groups excluding carboxylic acids is 2. The Hall–Kier alpha value is -2.07. The molecule has 0 radical (unpaired) electrons. The van der Waals surface area contributed by atoms with Gasteiger partial charge < -0.3 is 9.47 Å². The van der Waals surface area contributed by atoms with Crippen LogP contribution in [0.2, 0.25) is 0 Å². The van der Waals surface area contributed by atoms with Crippen molar-refractivity contribution >= 4 is 23.5 Å². The van der Waals surface area contributed by atoms with Gasteiger partial charge in [0.2, 0.25) is 0 Å². The third-order valence-electron chi connectivity index (χ3n) is 6.92. The van der Waals surface area contributed by atoms with Crippen molar-refractivity contribution < 1.29 is 25.9 Å². The summed E-state index contributed by atoms with van der Waals surface area (Å²) in [5.41, 5.74) is 0. The van der Waals surface area contributed by atoms with E-state index in [0.29, 0.717) is 12.8 Å². The van der Waals surface area contributed by atoms with Crippen LogP contribution >= 0.6 is 11.6 Å². The molecule has 0 aromatic heterocycles. The molecule has 252 valence electrons. The molecular formula is C39H65ClO4. The molecule has 0 aliphatic heterocycles. The zero-order valence-electron chi connectivity index (χ0n) is 32.8. The molecule has 0 saturated carbocycles. The summed E-state index contributed by atoms with van der Waals surface area (Å²) in [5, 5.41) is 0. The maximum absolute atomic E-state index is 12.5. The summed E-state index contributed by atoms with van der Waals surface area (Å²) in [6, 6.07) is 0. The number of halogens is 1. The SMILES string of the molecule is [2H]C([2H])(Cl)C([2H])(OC(=O)CCCCCCC/C=C\C/C=C\C/C=C/CC)C([2H])([2H])OC(=O)CCCCCCC/C=C\C/C=C\CCCCC. The van der Waals surface area contributed by atoms with Gasteiger partial charge in [-0.25, -0.2) is 0 Å². The van der Waals surface area contributed by atoms with Crippen LogP contribution in [0.5, 0.6) is 0 Å². The molecule has 0 N–H and O–H groups in total. The number of ether oxygens (including phenoxy) is 2. The van der Waals surface area contributed by atoms with Crippen molar-refractivity contribution in [1.82, 2.24) is 0 Å². The summed E-state index contributed by atoms with van der Waals surface area (Å²) in [5.74, 6) is -5.05. The van der Waals surface area contributed by atoms with Crippen LogP contribution in [0.1, 0.15) is 162 Å². The molecule has 1 atom stereocenters. The number of carbonyl (C=O) groups is 2. The largest absolute Gasteiger partial charge is 0.462 e. The van der Waals surface area contributed by atoms with Crippen LogP contribution in [0, 0.1) is 0 Å². The maximum atomic E-state index is 12.5. The summed E-state index contributed by atoms with van der Waals surface area (Å²) in [4.78, 5) is 24.9. The number of unbranched alkanes of at least 4 members (excludes halogenated alkanes) is 13. The second kappa shape index (κ2) is 35.4. The van der Waals surface area contributed by atoms with E-state index in [2.05, 4.69) is 74.6 Å². The lowest BCUT2D eigenvalue weighted by Crippen LogP contribution is -2.26. The lowest BCUT2D eigenvalue weighted by atomic mass is 10.1. The van der Waals surface area contributed by atoms with Crippen LogP contribution < -0.4 is 0 Å². The van der Waals surface area contributed by atoms with Crippen LogP contribution in [-0.2, 0) is 19.1 Å². The minimum Gasteiger partial charge on any atom is -0.462 e. The van der Waals surface area contributed by atoms with Crippen molar-refractivity contribution in [2.24, 2.45) is 0 Å². The quantitative estimate of drug-likeness (QED) is 0.0328. The second-order valence-electron chi connectivity index (χ2n) is 11.1. The molecule has 0 fully saturated rings. The Kier molecular flexibility index (Phi) is 26.8. The van der Waals surface area contributed by atoms with E-state index in [-0.39, 0.29) is 12.8 Å². The molecule has 0 saturated heterocycles. The van der Waals surface area contributed by atoms with E-state index in [9.17, 15) is 9.59 Å². The normalized spacial score (nSPS) is 15.9. The van der Waals surface area contributed by atoms with Gasteiger partial charge >= 0.3 is 11.9 Å².